The van der Waals surface area contributed by atoms with Crippen LogP contribution >= 0.6 is 7.92 Å². The first kappa shape index (κ1) is 26.2. The molecule has 0 fully saturated rings. The first-order chi connectivity index (χ1) is 16.7. The lowest BCUT2D eigenvalue weighted by Crippen LogP contribution is -2.26. The van der Waals surface area contributed by atoms with Gasteiger partial charge in [0.2, 0.25) is 0 Å². The van der Waals surface area contributed by atoms with Gasteiger partial charge in [0.1, 0.15) is 0 Å². The number of carbonyl (C=O) groups is 1. The molecule has 0 saturated heterocycles. The van der Waals surface area contributed by atoms with Gasteiger partial charge in [-0.15, -0.1) is 0 Å². The van der Waals surface area contributed by atoms with Crippen LogP contribution in [0.5, 0.6) is 0 Å². The van der Waals surface area contributed by atoms with E-state index in [2.05, 4.69) is 55.1 Å². The third kappa shape index (κ3) is 7.81. The number of benzene rings is 3. The zero-order valence-corrected chi connectivity index (χ0v) is 21.9. The minimum absolute atomic E-state index is 0.219. The van der Waals surface area contributed by atoms with Crippen molar-refractivity contribution >= 4 is 29.7 Å². The minimum Gasteiger partial charge on any atom is -0.372 e. The molecular formula is C31H40NOP. The van der Waals surface area contributed by atoms with Crippen LogP contribution in [0, 0.1) is 0 Å². The monoisotopic (exact) mass is 473 g/mol. The summed E-state index contributed by atoms with van der Waals surface area (Å²) in [5.41, 5.74) is 2.27. The second-order valence-electron chi connectivity index (χ2n) is 8.97. The Bertz CT molecular complexity index is 904. The van der Waals surface area contributed by atoms with Gasteiger partial charge in [-0.25, -0.2) is 0 Å². The van der Waals surface area contributed by atoms with E-state index in [1.807, 2.05) is 48.5 Å². The molecule has 0 amide bonds. The normalized spacial score (nSPS) is 11.0. The Kier molecular flexibility index (Phi) is 11.3. The van der Waals surface area contributed by atoms with E-state index >= 15 is 0 Å². The summed E-state index contributed by atoms with van der Waals surface area (Å²) in [5, 5.41) is 2.21. The van der Waals surface area contributed by atoms with Crippen molar-refractivity contribution in [2.24, 2.45) is 0 Å². The molecule has 0 spiro atoms. The number of carbonyl (C=O) groups excluding carboxylic acids is 1. The van der Waals surface area contributed by atoms with Gasteiger partial charge in [-0.2, -0.15) is 0 Å². The zero-order chi connectivity index (χ0) is 24.0. The number of hydrogen-bond acceptors (Lipinski definition) is 2. The molecule has 0 aliphatic heterocycles. The van der Waals surface area contributed by atoms with E-state index < -0.39 is 7.92 Å². The van der Waals surface area contributed by atoms with Crippen LogP contribution in [-0.2, 0) is 0 Å². The molecule has 0 unspecified atom stereocenters. The molecule has 3 aromatic carbocycles. The Labute approximate surface area is 208 Å². The molecule has 2 nitrogen and oxygen atoms in total. The van der Waals surface area contributed by atoms with Crippen LogP contribution in [0.1, 0.15) is 75.6 Å². The summed E-state index contributed by atoms with van der Waals surface area (Å²) in [6, 6.07) is 28.9. The van der Waals surface area contributed by atoms with Gasteiger partial charge in [0.05, 0.1) is 0 Å². The van der Waals surface area contributed by atoms with E-state index in [1.165, 1.54) is 57.1 Å². The van der Waals surface area contributed by atoms with Gasteiger partial charge in [-0.05, 0) is 47.7 Å². The van der Waals surface area contributed by atoms with Gasteiger partial charge < -0.3 is 4.90 Å². The average molecular weight is 474 g/mol. The molecule has 0 heterocycles. The third-order valence-corrected chi connectivity index (χ3v) is 8.57. The topological polar surface area (TPSA) is 20.3 Å². The molecule has 3 rings (SSSR count). The van der Waals surface area contributed by atoms with Gasteiger partial charge >= 0.3 is 0 Å². The fourth-order valence-corrected chi connectivity index (χ4v) is 6.43. The fraction of sp³-hybridized carbons (Fsp3) is 0.387. The largest absolute Gasteiger partial charge is 0.372 e. The fourth-order valence-electron chi connectivity index (χ4n) is 4.31. The standard InChI is InChI=1S/C31H40NOP/c1-3-5-7-15-25-32(26-16-8-6-4-2)28-23-21-27(22-24-28)31(33)34(29-17-11-9-12-18-29)30-19-13-10-14-20-30/h9-14,17-24H,3-8,15-16,25-26H2,1-2H3. The van der Waals surface area contributed by atoms with E-state index in [0.29, 0.717) is 0 Å². The summed E-state index contributed by atoms with van der Waals surface area (Å²) < 4.78 is 0. The summed E-state index contributed by atoms with van der Waals surface area (Å²) in [6.07, 6.45) is 10.2. The maximum atomic E-state index is 13.7. The smallest absolute Gasteiger partial charge is 0.193 e. The van der Waals surface area contributed by atoms with Crippen LogP contribution in [0.25, 0.3) is 0 Å². The molecular weight excluding hydrogens is 433 g/mol. The zero-order valence-electron chi connectivity index (χ0n) is 21.0. The molecule has 34 heavy (non-hydrogen) atoms. The van der Waals surface area contributed by atoms with Crippen LogP contribution in [0.4, 0.5) is 5.69 Å². The molecule has 0 N–H and O–H groups in total. The van der Waals surface area contributed by atoms with Crippen LogP contribution in [0.3, 0.4) is 0 Å². The number of unbranched alkanes of at least 4 members (excludes halogenated alkanes) is 6. The molecule has 0 saturated carbocycles. The Morgan fingerprint density at radius 3 is 1.53 bits per heavy atom. The maximum absolute atomic E-state index is 13.7. The SMILES string of the molecule is CCCCCCN(CCCCCC)c1ccc(C(=O)P(c2ccccc2)c2ccccc2)cc1. The van der Waals surface area contributed by atoms with Gasteiger partial charge in [-0.3, -0.25) is 4.79 Å². The third-order valence-electron chi connectivity index (χ3n) is 6.27. The highest BCUT2D eigenvalue weighted by Gasteiger charge is 2.23. The van der Waals surface area contributed by atoms with E-state index in [-0.39, 0.29) is 5.52 Å². The Balaban J connectivity index is 1.78. The predicted octanol–water partition coefficient (Wildman–Crippen LogP) is 7.93. The molecule has 0 atom stereocenters. The van der Waals surface area contributed by atoms with Crippen molar-refractivity contribution in [1.29, 1.82) is 0 Å². The minimum atomic E-state index is -1.09. The molecule has 0 aromatic heterocycles. The molecule has 0 aliphatic rings. The lowest BCUT2D eigenvalue weighted by atomic mass is 10.1. The first-order valence-corrected chi connectivity index (χ1v) is 14.4. The van der Waals surface area contributed by atoms with Crippen LogP contribution in [0.15, 0.2) is 84.9 Å². The van der Waals surface area contributed by atoms with Crippen LogP contribution in [-0.4, -0.2) is 18.6 Å². The highest BCUT2D eigenvalue weighted by atomic mass is 31.1. The van der Waals surface area contributed by atoms with E-state index in [9.17, 15) is 4.79 Å². The second kappa shape index (κ2) is 14.7. The Hall–Kier alpha value is -2.44. The van der Waals surface area contributed by atoms with Gasteiger partial charge in [0.25, 0.3) is 0 Å². The number of hydrogen-bond donors (Lipinski definition) is 0. The quantitative estimate of drug-likeness (QED) is 0.165. The van der Waals surface area contributed by atoms with Crippen molar-refractivity contribution in [1.82, 2.24) is 0 Å². The van der Waals surface area contributed by atoms with Crippen LogP contribution < -0.4 is 15.5 Å². The Morgan fingerprint density at radius 1 is 0.618 bits per heavy atom. The summed E-state index contributed by atoms with van der Waals surface area (Å²) in [6.45, 7) is 6.72. The second-order valence-corrected chi connectivity index (χ2v) is 11.1. The van der Waals surface area contributed by atoms with E-state index in [4.69, 9.17) is 0 Å². The first-order valence-electron chi connectivity index (χ1n) is 13.0. The van der Waals surface area contributed by atoms with Gasteiger partial charge in [-0.1, -0.05) is 113 Å². The lowest BCUT2D eigenvalue weighted by Gasteiger charge is -2.25. The summed E-state index contributed by atoms with van der Waals surface area (Å²) in [7, 11) is -1.09. The van der Waals surface area contributed by atoms with Crippen molar-refractivity contribution < 1.29 is 4.79 Å². The van der Waals surface area contributed by atoms with Crippen molar-refractivity contribution in [2.75, 3.05) is 18.0 Å². The average Bonchev–Trinajstić information content (AvgIpc) is 2.89. The molecule has 3 aromatic rings. The summed E-state index contributed by atoms with van der Waals surface area (Å²) >= 11 is 0. The molecule has 3 heteroatoms. The van der Waals surface area contributed by atoms with Crippen LogP contribution in [0.2, 0.25) is 0 Å². The van der Waals surface area contributed by atoms with Crippen molar-refractivity contribution in [2.45, 2.75) is 65.2 Å². The predicted molar refractivity (Wildman–Crippen MR) is 150 cm³/mol. The molecule has 180 valence electrons. The van der Waals surface area contributed by atoms with E-state index in [0.717, 1.165) is 29.3 Å². The maximum Gasteiger partial charge on any atom is 0.193 e. The molecule has 0 aliphatic carbocycles. The number of anilines is 1. The number of nitrogens with zero attached hydrogens (tertiary/aromatic N) is 1. The number of rotatable bonds is 15. The van der Waals surface area contributed by atoms with Gasteiger partial charge in [0, 0.05) is 32.3 Å². The molecule has 0 radical (unpaired) electrons. The summed E-state index contributed by atoms with van der Waals surface area (Å²) in [5.74, 6) is 0. The van der Waals surface area contributed by atoms with Crippen molar-refractivity contribution in [3.63, 3.8) is 0 Å². The highest BCUT2D eigenvalue weighted by Crippen LogP contribution is 2.38. The van der Waals surface area contributed by atoms with E-state index in [1.54, 1.807) is 0 Å². The molecule has 0 bridgehead atoms. The van der Waals surface area contributed by atoms with Crippen molar-refractivity contribution in [3.05, 3.63) is 90.5 Å². The summed E-state index contributed by atoms with van der Waals surface area (Å²) in [4.78, 5) is 16.3. The lowest BCUT2D eigenvalue weighted by molar-refractivity contribution is 0.108. The highest BCUT2D eigenvalue weighted by molar-refractivity contribution is 7.88. The van der Waals surface area contributed by atoms with Crippen molar-refractivity contribution in [3.8, 4) is 0 Å². The Morgan fingerprint density at radius 2 is 1.09 bits per heavy atom. The van der Waals surface area contributed by atoms with Gasteiger partial charge in [0.15, 0.2) is 5.52 Å².